The van der Waals surface area contributed by atoms with Gasteiger partial charge in [-0.25, -0.2) is 4.79 Å². The van der Waals surface area contributed by atoms with E-state index in [1.807, 2.05) is 0 Å². The average Bonchev–Trinajstić information content (AvgIpc) is 2.65. The lowest BCUT2D eigenvalue weighted by molar-refractivity contribution is -0.147. The van der Waals surface area contributed by atoms with Crippen molar-refractivity contribution in [1.82, 2.24) is 4.90 Å². The number of thioether (sulfide) groups is 1. The molecule has 0 aromatic carbocycles. The summed E-state index contributed by atoms with van der Waals surface area (Å²) < 4.78 is 0. The molecule has 0 saturated carbocycles. The lowest BCUT2D eigenvalue weighted by Crippen LogP contribution is -2.44. The third kappa shape index (κ3) is 4.09. The van der Waals surface area contributed by atoms with Gasteiger partial charge in [0.2, 0.25) is 5.91 Å². The molecule has 1 aliphatic rings. The molecule has 0 aromatic heterocycles. The van der Waals surface area contributed by atoms with E-state index in [4.69, 9.17) is 10.2 Å². The number of thiol groups is 1. The summed E-state index contributed by atoms with van der Waals surface area (Å²) in [6.45, 7) is 0.382. The first kappa shape index (κ1) is 15.2. The second-order valence-electron chi connectivity index (χ2n) is 4.06. The fourth-order valence-electron chi connectivity index (χ4n) is 1.78. The molecule has 2 atom stereocenters. The van der Waals surface area contributed by atoms with E-state index >= 15 is 0 Å². The fraction of sp³-hybridized carbons (Fsp3) is 0.700. The van der Waals surface area contributed by atoms with Crippen LogP contribution in [0.15, 0.2) is 0 Å². The van der Waals surface area contributed by atoms with Crippen LogP contribution in [0.25, 0.3) is 0 Å². The smallest absolute Gasteiger partial charge is 0.327 e. The Labute approximate surface area is 114 Å². The van der Waals surface area contributed by atoms with Gasteiger partial charge in [0.25, 0.3) is 0 Å². The summed E-state index contributed by atoms with van der Waals surface area (Å²) in [7, 11) is 0. The summed E-state index contributed by atoms with van der Waals surface area (Å²) in [5.74, 6) is -1.75. The average molecular weight is 293 g/mol. The summed E-state index contributed by atoms with van der Waals surface area (Å²) in [5.41, 5.74) is 0. The first-order chi connectivity index (χ1) is 8.45. The van der Waals surface area contributed by atoms with Crippen LogP contribution in [0.3, 0.4) is 0 Å². The summed E-state index contributed by atoms with van der Waals surface area (Å²) in [4.78, 5) is 34.5. The zero-order valence-corrected chi connectivity index (χ0v) is 11.3. The Hall–Kier alpha value is -0.890. The minimum absolute atomic E-state index is 0.0761. The van der Waals surface area contributed by atoms with Crippen LogP contribution >= 0.6 is 24.4 Å². The van der Waals surface area contributed by atoms with E-state index in [1.165, 1.54) is 4.90 Å². The standard InChI is InChI=1S/C10H15NO5S2/c12-8-1-6(3-17)2-11(8)7(10(15)16)4-18-5-9(13)14/h6-7,17H,1-5H2,(H,13,14)(H,15,16)/t6?,7-/m0/s1. The lowest BCUT2D eigenvalue weighted by atomic mass is 10.1. The summed E-state index contributed by atoms with van der Waals surface area (Å²) >= 11 is 5.11. The number of hydrogen-bond acceptors (Lipinski definition) is 5. The van der Waals surface area contributed by atoms with E-state index in [-0.39, 0.29) is 23.3 Å². The number of carbonyl (C=O) groups is 3. The first-order valence-corrected chi connectivity index (χ1v) is 7.17. The Bertz CT molecular complexity index is 349. The van der Waals surface area contributed by atoms with Gasteiger partial charge in [-0.3, -0.25) is 9.59 Å². The van der Waals surface area contributed by atoms with Gasteiger partial charge in [-0.2, -0.15) is 12.6 Å². The number of nitrogens with zero attached hydrogens (tertiary/aromatic N) is 1. The highest BCUT2D eigenvalue weighted by molar-refractivity contribution is 8.00. The van der Waals surface area contributed by atoms with Gasteiger partial charge >= 0.3 is 11.9 Å². The largest absolute Gasteiger partial charge is 0.481 e. The first-order valence-electron chi connectivity index (χ1n) is 5.38. The minimum Gasteiger partial charge on any atom is -0.481 e. The van der Waals surface area contributed by atoms with E-state index < -0.39 is 18.0 Å². The molecule has 0 aliphatic carbocycles. The predicted octanol–water partition coefficient (Wildman–Crippen LogP) is 0.0357. The molecule has 102 valence electrons. The number of hydrogen-bond donors (Lipinski definition) is 3. The molecule has 1 fully saturated rings. The zero-order chi connectivity index (χ0) is 13.7. The van der Waals surface area contributed by atoms with Crippen molar-refractivity contribution in [2.24, 2.45) is 5.92 Å². The second kappa shape index (κ2) is 6.89. The molecule has 0 spiro atoms. The molecule has 18 heavy (non-hydrogen) atoms. The molecule has 1 unspecified atom stereocenters. The van der Waals surface area contributed by atoms with Crippen LogP contribution in [-0.4, -0.2) is 62.8 Å². The highest BCUT2D eigenvalue weighted by atomic mass is 32.2. The van der Waals surface area contributed by atoms with Crippen LogP contribution in [-0.2, 0) is 14.4 Å². The van der Waals surface area contributed by atoms with Gasteiger partial charge in [0.1, 0.15) is 6.04 Å². The number of likely N-dealkylation sites (tertiary alicyclic amines) is 1. The second-order valence-corrected chi connectivity index (χ2v) is 5.46. The van der Waals surface area contributed by atoms with Crippen LogP contribution in [0, 0.1) is 5.92 Å². The van der Waals surface area contributed by atoms with Crippen molar-refractivity contribution in [3.05, 3.63) is 0 Å². The minimum atomic E-state index is -1.10. The van der Waals surface area contributed by atoms with Crippen molar-refractivity contribution in [1.29, 1.82) is 0 Å². The zero-order valence-electron chi connectivity index (χ0n) is 9.61. The Morgan fingerprint density at radius 2 is 2.17 bits per heavy atom. The summed E-state index contributed by atoms with van der Waals surface area (Å²) in [6.07, 6.45) is 0.316. The number of carboxylic acids is 2. The highest BCUT2D eigenvalue weighted by Crippen LogP contribution is 2.23. The SMILES string of the molecule is O=C(O)CSC[C@@H](C(=O)O)N1CC(CS)CC1=O. The molecule has 2 N–H and O–H groups in total. The monoisotopic (exact) mass is 293 g/mol. The van der Waals surface area contributed by atoms with Gasteiger partial charge in [0.05, 0.1) is 5.75 Å². The molecule has 6 nitrogen and oxygen atoms in total. The van der Waals surface area contributed by atoms with Gasteiger partial charge in [0.15, 0.2) is 0 Å². The van der Waals surface area contributed by atoms with Gasteiger partial charge < -0.3 is 15.1 Å². The molecular weight excluding hydrogens is 278 g/mol. The molecule has 1 heterocycles. The lowest BCUT2D eigenvalue weighted by Gasteiger charge is -2.24. The van der Waals surface area contributed by atoms with Gasteiger partial charge in [-0.05, 0) is 11.7 Å². The molecule has 0 aromatic rings. The van der Waals surface area contributed by atoms with Crippen molar-refractivity contribution in [2.45, 2.75) is 12.5 Å². The Morgan fingerprint density at radius 3 is 2.61 bits per heavy atom. The number of rotatable bonds is 7. The van der Waals surface area contributed by atoms with Crippen LogP contribution < -0.4 is 0 Å². The summed E-state index contributed by atoms with van der Waals surface area (Å²) in [6, 6.07) is -0.952. The molecule has 0 radical (unpaired) electrons. The van der Waals surface area contributed by atoms with Gasteiger partial charge in [-0.1, -0.05) is 0 Å². The van der Waals surface area contributed by atoms with Crippen molar-refractivity contribution in [3.8, 4) is 0 Å². The molecule has 1 saturated heterocycles. The molecule has 1 amide bonds. The maximum atomic E-state index is 11.7. The third-order valence-corrected chi connectivity index (χ3v) is 4.18. The molecule has 1 aliphatic heterocycles. The van der Waals surface area contributed by atoms with Gasteiger partial charge in [-0.15, -0.1) is 11.8 Å². The van der Waals surface area contributed by atoms with E-state index in [2.05, 4.69) is 12.6 Å². The number of carbonyl (C=O) groups excluding carboxylic acids is 1. The van der Waals surface area contributed by atoms with Gasteiger partial charge in [0, 0.05) is 18.7 Å². The maximum absolute atomic E-state index is 11.7. The van der Waals surface area contributed by atoms with E-state index in [9.17, 15) is 14.4 Å². The van der Waals surface area contributed by atoms with Crippen LogP contribution in [0.5, 0.6) is 0 Å². The highest BCUT2D eigenvalue weighted by Gasteiger charge is 2.37. The molecular formula is C10H15NO5S2. The maximum Gasteiger partial charge on any atom is 0.327 e. The number of carboxylic acid groups (broad SMARTS) is 2. The molecule has 0 bridgehead atoms. The van der Waals surface area contributed by atoms with Crippen molar-refractivity contribution >= 4 is 42.2 Å². The predicted molar refractivity (Wildman–Crippen MR) is 70.1 cm³/mol. The molecule has 8 heteroatoms. The fourth-order valence-corrected chi connectivity index (χ4v) is 2.87. The van der Waals surface area contributed by atoms with Crippen molar-refractivity contribution in [3.63, 3.8) is 0 Å². The van der Waals surface area contributed by atoms with E-state index in [0.717, 1.165) is 11.8 Å². The third-order valence-electron chi connectivity index (χ3n) is 2.66. The number of amides is 1. The molecule has 1 rings (SSSR count). The van der Waals surface area contributed by atoms with Crippen LogP contribution in [0.4, 0.5) is 0 Å². The van der Waals surface area contributed by atoms with E-state index in [0.29, 0.717) is 18.7 Å². The Kier molecular flexibility index (Phi) is 5.80. The Morgan fingerprint density at radius 1 is 1.50 bits per heavy atom. The topological polar surface area (TPSA) is 94.9 Å². The summed E-state index contributed by atoms with van der Waals surface area (Å²) in [5, 5.41) is 17.6. The number of aliphatic carboxylic acids is 2. The Balaban J connectivity index is 2.59. The van der Waals surface area contributed by atoms with Crippen molar-refractivity contribution < 1.29 is 24.6 Å². The quantitative estimate of drug-likeness (QED) is 0.574. The van der Waals surface area contributed by atoms with Crippen LogP contribution in [0.2, 0.25) is 0 Å². The van der Waals surface area contributed by atoms with Crippen LogP contribution in [0.1, 0.15) is 6.42 Å². The normalized spacial score (nSPS) is 21.1. The van der Waals surface area contributed by atoms with Crippen molar-refractivity contribution in [2.75, 3.05) is 23.8 Å². The van der Waals surface area contributed by atoms with E-state index in [1.54, 1.807) is 0 Å².